The minimum atomic E-state index is -0.433. The molecule has 0 spiro atoms. The first-order valence-corrected chi connectivity index (χ1v) is 5.98. The zero-order valence-electron chi connectivity index (χ0n) is 10.8. The average molecular weight is 289 g/mol. The van der Waals surface area contributed by atoms with E-state index in [0.717, 1.165) is 12.1 Å². The van der Waals surface area contributed by atoms with Crippen LogP contribution < -0.4 is 5.32 Å². The number of morpholine rings is 1. The van der Waals surface area contributed by atoms with E-state index in [1.165, 1.54) is 12.1 Å². The topological polar surface area (TPSA) is 41.6 Å². The van der Waals surface area contributed by atoms with Crippen LogP contribution in [-0.4, -0.2) is 43.7 Å². The van der Waals surface area contributed by atoms with Gasteiger partial charge in [-0.3, -0.25) is 4.79 Å². The Morgan fingerprint density at radius 3 is 3.00 bits per heavy atom. The van der Waals surface area contributed by atoms with Crippen LogP contribution in [0.1, 0.15) is 5.56 Å². The lowest BCUT2D eigenvalue weighted by Crippen LogP contribution is -2.48. The molecule has 1 saturated heterocycles. The summed E-state index contributed by atoms with van der Waals surface area (Å²) in [4.78, 5) is 13.6. The molecular formula is C13H18ClFN2O2. The normalized spacial score (nSPS) is 18.5. The molecule has 1 aliphatic heterocycles. The molecule has 0 bridgehead atoms. The van der Waals surface area contributed by atoms with Crippen molar-refractivity contribution in [2.45, 2.75) is 12.6 Å². The van der Waals surface area contributed by atoms with Crippen LogP contribution in [0.2, 0.25) is 0 Å². The molecule has 19 heavy (non-hydrogen) atoms. The Hall–Kier alpha value is -1.17. The molecule has 1 aromatic rings. The van der Waals surface area contributed by atoms with Gasteiger partial charge in [0.2, 0.25) is 0 Å². The van der Waals surface area contributed by atoms with Crippen molar-refractivity contribution in [3.8, 4) is 0 Å². The first kappa shape index (κ1) is 15.9. The summed E-state index contributed by atoms with van der Waals surface area (Å²) in [6.45, 7) is 2.24. The number of carbonyl (C=O) groups excluding carboxylic acids is 1. The number of benzene rings is 1. The Labute approximate surface area is 118 Å². The predicted octanol–water partition coefficient (Wildman–Crippen LogP) is 1.19. The monoisotopic (exact) mass is 288 g/mol. The molecule has 106 valence electrons. The highest BCUT2D eigenvalue weighted by molar-refractivity contribution is 5.85. The second-order valence-electron chi connectivity index (χ2n) is 4.39. The van der Waals surface area contributed by atoms with Crippen LogP contribution in [-0.2, 0) is 16.1 Å². The minimum Gasteiger partial charge on any atom is -0.366 e. The summed E-state index contributed by atoms with van der Waals surface area (Å²) in [5, 5.41) is 3.11. The molecule has 0 saturated carbocycles. The average Bonchev–Trinajstić information content (AvgIpc) is 2.39. The van der Waals surface area contributed by atoms with E-state index in [9.17, 15) is 9.18 Å². The van der Waals surface area contributed by atoms with Crippen molar-refractivity contribution in [2.75, 3.05) is 26.7 Å². The van der Waals surface area contributed by atoms with Gasteiger partial charge < -0.3 is 15.0 Å². The van der Waals surface area contributed by atoms with Gasteiger partial charge in [-0.1, -0.05) is 12.1 Å². The zero-order valence-corrected chi connectivity index (χ0v) is 11.6. The molecule has 1 heterocycles. The Kier molecular flexibility index (Phi) is 6.21. The highest BCUT2D eigenvalue weighted by Gasteiger charge is 2.24. The van der Waals surface area contributed by atoms with Gasteiger partial charge in [0, 0.05) is 26.7 Å². The van der Waals surface area contributed by atoms with Gasteiger partial charge in [-0.25, -0.2) is 4.39 Å². The van der Waals surface area contributed by atoms with Crippen LogP contribution >= 0.6 is 12.4 Å². The second-order valence-corrected chi connectivity index (χ2v) is 4.39. The number of nitrogens with zero attached hydrogens (tertiary/aromatic N) is 1. The van der Waals surface area contributed by atoms with E-state index in [-0.39, 0.29) is 24.1 Å². The van der Waals surface area contributed by atoms with Gasteiger partial charge in [0.25, 0.3) is 5.91 Å². The highest BCUT2D eigenvalue weighted by Crippen LogP contribution is 2.08. The molecule has 1 N–H and O–H groups in total. The fourth-order valence-corrected chi connectivity index (χ4v) is 1.96. The smallest absolute Gasteiger partial charge is 0.253 e. The lowest BCUT2D eigenvalue weighted by atomic mass is 10.2. The lowest BCUT2D eigenvalue weighted by molar-refractivity contribution is -0.144. The molecule has 6 heteroatoms. The van der Waals surface area contributed by atoms with Crippen LogP contribution in [0.15, 0.2) is 24.3 Å². The van der Waals surface area contributed by atoms with Gasteiger partial charge in [-0.2, -0.15) is 0 Å². The molecule has 0 aliphatic carbocycles. The summed E-state index contributed by atoms with van der Waals surface area (Å²) >= 11 is 0. The number of likely N-dealkylation sites (N-methyl/N-ethyl adjacent to an activating group) is 1. The third-order valence-corrected chi connectivity index (χ3v) is 2.89. The highest BCUT2D eigenvalue weighted by atomic mass is 35.5. The lowest BCUT2D eigenvalue weighted by Gasteiger charge is -2.27. The van der Waals surface area contributed by atoms with Gasteiger partial charge in [0.15, 0.2) is 0 Å². The van der Waals surface area contributed by atoms with E-state index < -0.39 is 6.10 Å². The molecule has 1 fully saturated rings. The fraction of sp³-hybridized carbons (Fsp3) is 0.462. The minimum absolute atomic E-state index is 0. The number of hydrogen-bond acceptors (Lipinski definition) is 3. The quantitative estimate of drug-likeness (QED) is 0.909. The van der Waals surface area contributed by atoms with Crippen molar-refractivity contribution in [2.24, 2.45) is 0 Å². The van der Waals surface area contributed by atoms with Gasteiger partial charge in [-0.05, 0) is 17.7 Å². The van der Waals surface area contributed by atoms with E-state index in [1.54, 1.807) is 24.1 Å². The molecule has 1 atom stereocenters. The number of rotatable bonds is 3. The van der Waals surface area contributed by atoms with Crippen LogP contribution in [0.25, 0.3) is 0 Å². The Morgan fingerprint density at radius 2 is 2.37 bits per heavy atom. The van der Waals surface area contributed by atoms with E-state index in [2.05, 4.69) is 5.32 Å². The van der Waals surface area contributed by atoms with Gasteiger partial charge in [0.05, 0.1) is 6.61 Å². The number of nitrogens with one attached hydrogen (secondary N) is 1. The molecule has 1 aliphatic rings. The maximum atomic E-state index is 13.0. The Balaban J connectivity index is 0.00000180. The second kappa shape index (κ2) is 7.43. The van der Waals surface area contributed by atoms with Gasteiger partial charge in [0.1, 0.15) is 11.9 Å². The van der Waals surface area contributed by atoms with E-state index in [0.29, 0.717) is 19.7 Å². The molecule has 0 aromatic heterocycles. The molecule has 0 radical (unpaired) electrons. The third kappa shape index (κ3) is 4.45. The largest absolute Gasteiger partial charge is 0.366 e. The Bertz CT molecular complexity index is 425. The summed E-state index contributed by atoms with van der Waals surface area (Å²) in [5.41, 5.74) is 0.773. The van der Waals surface area contributed by atoms with E-state index >= 15 is 0 Å². The van der Waals surface area contributed by atoms with Gasteiger partial charge in [-0.15, -0.1) is 12.4 Å². The number of hydrogen-bond donors (Lipinski definition) is 1. The molecular weight excluding hydrogens is 271 g/mol. The summed E-state index contributed by atoms with van der Waals surface area (Å²) in [5.74, 6) is -0.365. The Morgan fingerprint density at radius 1 is 1.58 bits per heavy atom. The summed E-state index contributed by atoms with van der Waals surface area (Å²) in [6.07, 6.45) is -0.433. The molecule has 2 rings (SSSR count). The number of ether oxygens (including phenoxy) is 1. The van der Waals surface area contributed by atoms with Crippen molar-refractivity contribution >= 4 is 18.3 Å². The van der Waals surface area contributed by atoms with Gasteiger partial charge >= 0.3 is 0 Å². The van der Waals surface area contributed by atoms with E-state index in [4.69, 9.17) is 4.74 Å². The predicted molar refractivity (Wildman–Crippen MR) is 72.7 cm³/mol. The SMILES string of the molecule is CN(Cc1cccc(F)c1)C(=O)C1CNCCO1.Cl. The maximum Gasteiger partial charge on any atom is 0.253 e. The van der Waals surface area contributed by atoms with Crippen LogP contribution in [0, 0.1) is 5.82 Å². The molecule has 1 amide bonds. The van der Waals surface area contributed by atoms with Crippen LogP contribution in [0.4, 0.5) is 4.39 Å². The first-order chi connectivity index (χ1) is 8.66. The van der Waals surface area contributed by atoms with Crippen molar-refractivity contribution in [1.82, 2.24) is 10.2 Å². The zero-order chi connectivity index (χ0) is 13.0. The summed E-state index contributed by atoms with van der Waals surface area (Å²) in [6, 6.07) is 6.26. The summed E-state index contributed by atoms with van der Waals surface area (Å²) < 4.78 is 18.4. The standard InChI is InChI=1S/C13H17FN2O2.ClH/c1-16(9-10-3-2-4-11(14)7-10)13(17)12-8-15-5-6-18-12;/h2-4,7,12,15H,5-6,8-9H2,1H3;1H. The first-order valence-electron chi connectivity index (χ1n) is 5.98. The van der Waals surface area contributed by atoms with E-state index in [1.807, 2.05) is 0 Å². The third-order valence-electron chi connectivity index (χ3n) is 2.89. The number of halogens is 2. The van der Waals surface area contributed by atoms with Crippen LogP contribution in [0.3, 0.4) is 0 Å². The van der Waals surface area contributed by atoms with Crippen molar-refractivity contribution < 1.29 is 13.9 Å². The number of carbonyl (C=O) groups is 1. The molecule has 1 aromatic carbocycles. The maximum absolute atomic E-state index is 13.0. The summed E-state index contributed by atoms with van der Waals surface area (Å²) in [7, 11) is 1.70. The fourth-order valence-electron chi connectivity index (χ4n) is 1.96. The molecule has 1 unspecified atom stereocenters. The molecule has 4 nitrogen and oxygen atoms in total. The van der Waals surface area contributed by atoms with Crippen LogP contribution in [0.5, 0.6) is 0 Å². The van der Waals surface area contributed by atoms with Crippen molar-refractivity contribution in [3.63, 3.8) is 0 Å². The van der Waals surface area contributed by atoms with Crippen molar-refractivity contribution in [1.29, 1.82) is 0 Å². The number of amides is 1. The van der Waals surface area contributed by atoms with Crippen molar-refractivity contribution in [3.05, 3.63) is 35.6 Å².